The van der Waals surface area contributed by atoms with E-state index in [1.807, 2.05) is 18.2 Å². The average molecular weight is 228 g/mol. The number of Topliss-reactive ketones (excluding diaryl/α,β-unsaturated/α-hetero) is 1. The van der Waals surface area contributed by atoms with Crippen LogP contribution in [-0.2, 0) is 21.4 Å². The van der Waals surface area contributed by atoms with Gasteiger partial charge in [-0.3, -0.25) is 4.79 Å². The zero-order valence-electron chi connectivity index (χ0n) is 9.82. The van der Waals surface area contributed by atoms with Gasteiger partial charge in [0.25, 0.3) is 0 Å². The van der Waals surface area contributed by atoms with E-state index < -0.39 is 5.41 Å². The van der Waals surface area contributed by atoms with Gasteiger partial charge in [0.1, 0.15) is 12.1 Å². The molecule has 1 aromatic rings. The molecule has 0 N–H and O–H groups in total. The fourth-order valence-corrected chi connectivity index (χ4v) is 2.92. The Balaban J connectivity index is 1.92. The summed E-state index contributed by atoms with van der Waals surface area (Å²) in [5.41, 5.74) is 1.81. The predicted molar refractivity (Wildman–Crippen MR) is 64.9 cm³/mol. The van der Waals surface area contributed by atoms with Crippen molar-refractivity contribution in [1.82, 2.24) is 0 Å². The first-order valence-corrected chi connectivity index (χ1v) is 6.33. The number of fused-ring (bicyclic) bond motifs is 1. The Morgan fingerprint density at radius 3 is 2.82 bits per heavy atom. The first-order chi connectivity index (χ1) is 8.25. The number of benzene rings is 1. The van der Waals surface area contributed by atoms with Crippen molar-refractivity contribution in [1.29, 1.82) is 0 Å². The molecule has 2 nitrogen and oxygen atoms in total. The molecular weight excluding hydrogens is 212 g/mol. The zero-order valence-corrected chi connectivity index (χ0v) is 9.82. The summed E-state index contributed by atoms with van der Waals surface area (Å²) in [6, 6.07) is 8.05. The van der Waals surface area contributed by atoms with Gasteiger partial charge in [-0.1, -0.05) is 24.3 Å². The molecule has 1 fully saturated rings. The molecule has 0 saturated heterocycles. The summed E-state index contributed by atoms with van der Waals surface area (Å²) in [5.74, 6) is 0.536. The number of hydrogen-bond donors (Lipinski definition) is 0. The van der Waals surface area contributed by atoms with E-state index in [2.05, 4.69) is 6.07 Å². The van der Waals surface area contributed by atoms with Crippen molar-refractivity contribution in [3.63, 3.8) is 0 Å². The SMILES string of the molecule is O=CC1(CC(=O)C2CC2)CCc2ccccc21. The van der Waals surface area contributed by atoms with Crippen LogP contribution in [0.1, 0.15) is 36.8 Å². The number of rotatable bonds is 4. The number of aldehydes is 1. The summed E-state index contributed by atoms with van der Waals surface area (Å²) in [4.78, 5) is 23.5. The third-order valence-electron chi connectivity index (χ3n) is 4.14. The van der Waals surface area contributed by atoms with Crippen LogP contribution in [0, 0.1) is 5.92 Å². The van der Waals surface area contributed by atoms with E-state index in [0.29, 0.717) is 6.42 Å². The standard InChI is InChI=1S/C15H16O2/c16-10-15(9-14(17)12-5-6-12)8-7-11-3-1-2-4-13(11)15/h1-4,10,12H,5-9H2. The van der Waals surface area contributed by atoms with E-state index in [1.54, 1.807) is 0 Å². The highest BCUT2D eigenvalue weighted by Gasteiger charge is 2.43. The predicted octanol–water partition coefficient (Wildman–Crippen LogP) is 2.44. The van der Waals surface area contributed by atoms with E-state index in [4.69, 9.17) is 0 Å². The smallest absolute Gasteiger partial charge is 0.137 e. The summed E-state index contributed by atoms with van der Waals surface area (Å²) in [6.07, 6.45) is 5.20. The number of hydrogen-bond acceptors (Lipinski definition) is 2. The molecule has 3 rings (SSSR count). The Morgan fingerprint density at radius 2 is 2.12 bits per heavy atom. The Labute approximate surface area is 101 Å². The van der Waals surface area contributed by atoms with Crippen molar-refractivity contribution < 1.29 is 9.59 Å². The van der Waals surface area contributed by atoms with Gasteiger partial charge in [0.2, 0.25) is 0 Å². The highest BCUT2D eigenvalue weighted by Crippen LogP contribution is 2.43. The molecule has 1 aromatic carbocycles. The van der Waals surface area contributed by atoms with Crippen LogP contribution < -0.4 is 0 Å². The number of carbonyl (C=O) groups is 2. The molecule has 17 heavy (non-hydrogen) atoms. The van der Waals surface area contributed by atoms with Crippen LogP contribution in [0.4, 0.5) is 0 Å². The Bertz CT molecular complexity index is 474. The van der Waals surface area contributed by atoms with Crippen molar-refractivity contribution >= 4 is 12.1 Å². The highest BCUT2D eigenvalue weighted by molar-refractivity contribution is 5.89. The lowest BCUT2D eigenvalue weighted by Gasteiger charge is -2.22. The molecule has 2 heteroatoms. The molecule has 0 heterocycles. The molecule has 0 aromatic heterocycles. The van der Waals surface area contributed by atoms with E-state index >= 15 is 0 Å². The normalized spacial score (nSPS) is 26.6. The second-order valence-corrected chi connectivity index (χ2v) is 5.35. The fraction of sp³-hybridized carbons (Fsp3) is 0.467. The van der Waals surface area contributed by atoms with Gasteiger partial charge < -0.3 is 4.79 Å². The lowest BCUT2D eigenvalue weighted by Crippen LogP contribution is -2.29. The molecule has 88 valence electrons. The van der Waals surface area contributed by atoms with Crippen LogP contribution >= 0.6 is 0 Å². The van der Waals surface area contributed by atoms with Gasteiger partial charge in [0.05, 0.1) is 5.41 Å². The average Bonchev–Trinajstić information content (AvgIpc) is 3.15. The number of carbonyl (C=O) groups excluding carboxylic acids is 2. The summed E-state index contributed by atoms with van der Waals surface area (Å²) in [5, 5.41) is 0. The van der Waals surface area contributed by atoms with E-state index in [1.165, 1.54) is 5.56 Å². The summed E-state index contributed by atoms with van der Waals surface area (Å²) < 4.78 is 0. The molecule has 0 spiro atoms. The van der Waals surface area contributed by atoms with Gasteiger partial charge in [-0.2, -0.15) is 0 Å². The third-order valence-corrected chi connectivity index (χ3v) is 4.14. The monoisotopic (exact) mass is 228 g/mol. The lowest BCUT2D eigenvalue weighted by atomic mass is 9.78. The first kappa shape index (κ1) is 10.7. The summed E-state index contributed by atoms with van der Waals surface area (Å²) >= 11 is 0. The third kappa shape index (κ3) is 1.72. The number of aryl methyl sites for hydroxylation is 1. The second kappa shape index (κ2) is 3.80. The Morgan fingerprint density at radius 1 is 1.35 bits per heavy atom. The Hall–Kier alpha value is -1.44. The van der Waals surface area contributed by atoms with Gasteiger partial charge in [0.15, 0.2) is 0 Å². The van der Waals surface area contributed by atoms with E-state index in [9.17, 15) is 9.59 Å². The highest BCUT2D eigenvalue weighted by atomic mass is 16.1. The van der Waals surface area contributed by atoms with Crippen LogP contribution in [0.25, 0.3) is 0 Å². The maximum absolute atomic E-state index is 12.0. The molecule has 0 amide bonds. The van der Waals surface area contributed by atoms with E-state index in [-0.39, 0.29) is 11.7 Å². The minimum absolute atomic E-state index is 0.250. The second-order valence-electron chi connectivity index (χ2n) is 5.35. The van der Waals surface area contributed by atoms with Gasteiger partial charge >= 0.3 is 0 Å². The van der Waals surface area contributed by atoms with Gasteiger partial charge in [0, 0.05) is 12.3 Å². The quantitative estimate of drug-likeness (QED) is 0.742. The molecule has 0 radical (unpaired) electrons. The molecule has 1 unspecified atom stereocenters. The Kier molecular flexibility index (Phi) is 2.39. The minimum Gasteiger partial charge on any atom is -0.302 e. The molecule has 2 aliphatic rings. The molecule has 2 aliphatic carbocycles. The van der Waals surface area contributed by atoms with E-state index in [0.717, 1.165) is 37.5 Å². The molecule has 0 aliphatic heterocycles. The van der Waals surface area contributed by atoms with Crippen molar-refractivity contribution in [3.05, 3.63) is 35.4 Å². The van der Waals surface area contributed by atoms with Gasteiger partial charge in [-0.25, -0.2) is 0 Å². The van der Waals surface area contributed by atoms with Gasteiger partial charge in [-0.05, 0) is 36.8 Å². The van der Waals surface area contributed by atoms with Crippen LogP contribution in [0.2, 0.25) is 0 Å². The van der Waals surface area contributed by atoms with Crippen LogP contribution in [0.5, 0.6) is 0 Å². The van der Waals surface area contributed by atoms with Crippen molar-refractivity contribution in [2.24, 2.45) is 5.92 Å². The minimum atomic E-state index is -0.518. The molecular formula is C15H16O2. The topological polar surface area (TPSA) is 34.1 Å². The molecule has 0 bridgehead atoms. The largest absolute Gasteiger partial charge is 0.302 e. The zero-order chi connectivity index (χ0) is 11.9. The maximum Gasteiger partial charge on any atom is 0.137 e. The molecule has 1 atom stereocenters. The van der Waals surface area contributed by atoms with Crippen molar-refractivity contribution in [3.8, 4) is 0 Å². The van der Waals surface area contributed by atoms with Crippen LogP contribution in [-0.4, -0.2) is 12.1 Å². The first-order valence-electron chi connectivity index (χ1n) is 6.33. The van der Waals surface area contributed by atoms with Gasteiger partial charge in [-0.15, -0.1) is 0 Å². The summed E-state index contributed by atoms with van der Waals surface area (Å²) in [6.45, 7) is 0. The summed E-state index contributed by atoms with van der Waals surface area (Å²) in [7, 11) is 0. The molecule has 1 saturated carbocycles. The fourth-order valence-electron chi connectivity index (χ4n) is 2.92. The maximum atomic E-state index is 12.0. The van der Waals surface area contributed by atoms with Crippen molar-refractivity contribution in [2.45, 2.75) is 37.5 Å². The van der Waals surface area contributed by atoms with Crippen LogP contribution in [0.15, 0.2) is 24.3 Å². The van der Waals surface area contributed by atoms with Crippen LogP contribution in [0.3, 0.4) is 0 Å². The van der Waals surface area contributed by atoms with Crippen molar-refractivity contribution in [2.75, 3.05) is 0 Å². The lowest BCUT2D eigenvalue weighted by molar-refractivity contribution is -0.124. The number of ketones is 1.